The molecule has 29 heavy (non-hydrogen) atoms. The zero-order chi connectivity index (χ0) is 20.4. The van der Waals surface area contributed by atoms with Crippen LogP contribution in [-0.4, -0.2) is 35.7 Å². The molecular weight excluding hydrogens is 395 g/mol. The first-order valence-electron chi connectivity index (χ1n) is 8.88. The smallest absolute Gasteiger partial charge is 0.257 e. The number of carbonyl (C=O) groups is 2. The van der Waals surface area contributed by atoms with Gasteiger partial charge in [-0.05, 0) is 48.5 Å². The maximum Gasteiger partial charge on any atom is 0.257 e. The molecule has 1 aromatic heterocycles. The minimum atomic E-state index is -0.410. The van der Waals surface area contributed by atoms with Gasteiger partial charge in [0.05, 0.1) is 7.11 Å². The summed E-state index contributed by atoms with van der Waals surface area (Å²) >= 11 is 1.23. The third-order valence-corrected chi connectivity index (χ3v) is 5.63. The lowest BCUT2D eigenvalue weighted by Gasteiger charge is -2.16. The van der Waals surface area contributed by atoms with Gasteiger partial charge in [-0.25, -0.2) is 4.39 Å². The highest BCUT2D eigenvalue weighted by molar-refractivity contribution is 7.15. The van der Waals surface area contributed by atoms with Crippen LogP contribution in [0.1, 0.15) is 27.7 Å². The van der Waals surface area contributed by atoms with Crippen molar-refractivity contribution >= 4 is 34.0 Å². The molecule has 2 aromatic carbocycles. The summed E-state index contributed by atoms with van der Waals surface area (Å²) in [7, 11) is 1.59. The monoisotopic (exact) mass is 412 g/mol. The Labute approximate surface area is 170 Å². The molecule has 1 N–H and O–H groups in total. The van der Waals surface area contributed by atoms with E-state index in [1.165, 1.54) is 35.6 Å². The highest BCUT2D eigenvalue weighted by Crippen LogP contribution is 2.34. The van der Waals surface area contributed by atoms with Gasteiger partial charge in [0.25, 0.3) is 5.91 Å². The average molecular weight is 412 g/mol. The van der Waals surface area contributed by atoms with Crippen LogP contribution in [0.5, 0.6) is 5.75 Å². The number of anilines is 2. The van der Waals surface area contributed by atoms with Gasteiger partial charge in [0.1, 0.15) is 16.6 Å². The quantitative estimate of drug-likeness (QED) is 0.694. The summed E-state index contributed by atoms with van der Waals surface area (Å²) in [5.41, 5.74) is 1.12. The number of methoxy groups -OCH3 is 1. The topological polar surface area (TPSA) is 84.4 Å². The van der Waals surface area contributed by atoms with Crippen molar-refractivity contribution in [1.29, 1.82) is 0 Å². The second-order valence-corrected chi connectivity index (χ2v) is 7.52. The van der Waals surface area contributed by atoms with Crippen molar-refractivity contribution in [2.75, 3.05) is 23.9 Å². The molecule has 4 rings (SSSR count). The molecular formula is C20H17FN4O3S. The molecule has 0 bridgehead atoms. The molecule has 2 amide bonds. The molecule has 7 nitrogen and oxygen atoms in total. The fraction of sp³-hybridized carbons (Fsp3) is 0.200. The molecule has 0 saturated carbocycles. The van der Waals surface area contributed by atoms with Gasteiger partial charge in [-0.15, -0.1) is 10.2 Å². The van der Waals surface area contributed by atoms with E-state index in [1.807, 2.05) is 24.3 Å². The predicted octanol–water partition coefficient (Wildman–Crippen LogP) is 3.46. The van der Waals surface area contributed by atoms with Gasteiger partial charge >= 0.3 is 0 Å². The molecule has 0 unspecified atom stereocenters. The molecule has 1 saturated heterocycles. The van der Waals surface area contributed by atoms with Crippen LogP contribution in [0.3, 0.4) is 0 Å². The number of halogens is 1. The van der Waals surface area contributed by atoms with E-state index in [0.29, 0.717) is 28.7 Å². The van der Waals surface area contributed by atoms with Crippen molar-refractivity contribution in [3.05, 3.63) is 64.9 Å². The van der Waals surface area contributed by atoms with Crippen molar-refractivity contribution in [3.8, 4) is 5.75 Å². The standard InChI is InChI=1S/C20H17FN4O3S/c1-28-16-8-6-15(7-9-16)25-11-13(10-17(25)26)19-23-24-20(29-19)22-18(27)12-2-4-14(21)5-3-12/h2-9,13H,10-11H2,1H3,(H,22,24,27)/t13-/m0/s1. The van der Waals surface area contributed by atoms with Crippen LogP contribution in [0.4, 0.5) is 15.2 Å². The van der Waals surface area contributed by atoms with Crippen LogP contribution in [0, 0.1) is 5.82 Å². The van der Waals surface area contributed by atoms with Gasteiger partial charge in [0.15, 0.2) is 0 Å². The Kier molecular flexibility index (Phi) is 5.22. The van der Waals surface area contributed by atoms with Crippen molar-refractivity contribution in [1.82, 2.24) is 10.2 Å². The summed E-state index contributed by atoms with van der Waals surface area (Å²) in [5.74, 6) is -0.171. The first-order valence-corrected chi connectivity index (χ1v) is 9.70. The summed E-state index contributed by atoms with van der Waals surface area (Å²) in [4.78, 5) is 26.4. The first kappa shape index (κ1) is 19.0. The van der Waals surface area contributed by atoms with Crippen molar-refractivity contribution in [2.45, 2.75) is 12.3 Å². The highest BCUT2D eigenvalue weighted by atomic mass is 32.1. The van der Waals surface area contributed by atoms with E-state index in [1.54, 1.807) is 12.0 Å². The van der Waals surface area contributed by atoms with Crippen molar-refractivity contribution in [3.63, 3.8) is 0 Å². The minimum Gasteiger partial charge on any atom is -0.497 e. The summed E-state index contributed by atoms with van der Waals surface area (Å²) in [6.45, 7) is 0.492. The summed E-state index contributed by atoms with van der Waals surface area (Å²) < 4.78 is 18.1. The zero-order valence-electron chi connectivity index (χ0n) is 15.5. The van der Waals surface area contributed by atoms with Crippen molar-refractivity contribution < 1.29 is 18.7 Å². The maximum absolute atomic E-state index is 13.0. The largest absolute Gasteiger partial charge is 0.497 e. The average Bonchev–Trinajstić information content (AvgIpc) is 3.35. The molecule has 2 heterocycles. The molecule has 9 heteroatoms. The Morgan fingerprint density at radius 2 is 1.90 bits per heavy atom. The fourth-order valence-electron chi connectivity index (χ4n) is 3.11. The predicted molar refractivity (Wildman–Crippen MR) is 107 cm³/mol. The molecule has 0 aliphatic carbocycles. The first-order chi connectivity index (χ1) is 14.0. The molecule has 148 valence electrons. The van der Waals surface area contributed by atoms with E-state index < -0.39 is 11.7 Å². The summed E-state index contributed by atoms with van der Waals surface area (Å²) in [6.07, 6.45) is 0.326. The number of ether oxygens (including phenoxy) is 1. The Hall–Kier alpha value is -3.33. The van der Waals surface area contributed by atoms with Crippen LogP contribution in [0.15, 0.2) is 48.5 Å². The Balaban J connectivity index is 1.43. The number of nitrogens with one attached hydrogen (secondary N) is 1. The molecule has 1 fully saturated rings. The Bertz CT molecular complexity index is 1040. The lowest BCUT2D eigenvalue weighted by molar-refractivity contribution is -0.117. The number of hydrogen-bond acceptors (Lipinski definition) is 6. The van der Waals surface area contributed by atoms with Crippen LogP contribution in [0.2, 0.25) is 0 Å². The van der Waals surface area contributed by atoms with Crippen LogP contribution in [-0.2, 0) is 4.79 Å². The summed E-state index contributed by atoms with van der Waals surface area (Å²) in [5, 5.41) is 11.8. The lowest BCUT2D eigenvalue weighted by Crippen LogP contribution is -2.24. The number of nitrogens with zero attached hydrogens (tertiary/aromatic N) is 3. The van der Waals surface area contributed by atoms with E-state index in [0.717, 1.165) is 11.4 Å². The van der Waals surface area contributed by atoms with Gasteiger partial charge < -0.3 is 9.64 Å². The summed E-state index contributed by atoms with van der Waals surface area (Å²) in [6, 6.07) is 12.5. The van der Waals surface area contributed by atoms with Crippen LogP contribution in [0.25, 0.3) is 0 Å². The normalized spacial score (nSPS) is 16.1. The maximum atomic E-state index is 13.0. The lowest BCUT2D eigenvalue weighted by atomic mass is 10.1. The zero-order valence-corrected chi connectivity index (χ0v) is 16.3. The molecule has 0 spiro atoms. The van der Waals surface area contributed by atoms with Crippen molar-refractivity contribution in [2.24, 2.45) is 0 Å². The fourth-order valence-corrected chi connectivity index (χ4v) is 3.93. The van der Waals surface area contributed by atoms with Crippen LogP contribution >= 0.6 is 11.3 Å². The third-order valence-electron chi connectivity index (χ3n) is 4.63. The van der Waals surface area contributed by atoms with Crippen LogP contribution < -0.4 is 15.0 Å². The van der Waals surface area contributed by atoms with E-state index in [9.17, 15) is 14.0 Å². The number of hydrogen-bond donors (Lipinski definition) is 1. The molecule has 0 radical (unpaired) electrons. The Morgan fingerprint density at radius 1 is 1.17 bits per heavy atom. The number of benzene rings is 2. The molecule has 3 aromatic rings. The van der Waals surface area contributed by atoms with Gasteiger partial charge in [0.2, 0.25) is 11.0 Å². The molecule has 1 aliphatic rings. The number of carbonyl (C=O) groups excluding carboxylic acids is 2. The molecule has 1 atom stereocenters. The number of amides is 2. The SMILES string of the molecule is COc1ccc(N2C[C@@H](c3nnc(NC(=O)c4ccc(F)cc4)s3)CC2=O)cc1. The van der Waals surface area contributed by atoms with E-state index in [2.05, 4.69) is 15.5 Å². The third kappa shape index (κ3) is 4.09. The number of aromatic nitrogens is 2. The molecule has 1 aliphatic heterocycles. The Morgan fingerprint density at radius 3 is 2.59 bits per heavy atom. The van der Waals surface area contributed by atoms with E-state index in [4.69, 9.17) is 4.74 Å². The highest BCUT2D eigenvalue weighted by Gasteiger charge is 2.34. The van der Waals surface area contributed by atoms with Gasteiger partial charge in [0, 0.05) is 30.1 Å². The minimum absolute atomic E-state index is 0.00673. The van der Waals surface area contributed by atoms with Gasteiger partial charge in [-0.2, -0.15) is 0 Å². The van der Waals surface area contributed by atoms with E-state index >= 15 is 0 Å². The number of rotatable bonds is 5. The van der Waals surface area contributed by atoms with Gasteiger partial charge in [-0.1, -0.05) is 11.3 Å². The van der Waals surface area contributed by atoms with Gasteiger partial charge in [-0.3, -0.25) is 14.9 Å². The second-order valence-electron chi connectivity index (χ2n) is 6.51. The van der Waals surface area contributed by atoms with E-state index in [-0.39, 0.29) is 11.8 Å². The second kappa shape index (κ2) is 7.96.